The van der Waals surface area contributed by atoms with E-state index in [2.05, 4.69) is 15.3 Å². The minimum Gasteiger partial charge on any atom is -0.300 e. The average molecular weight is 664 g/mol. The lowest BCUT2D eigenvalue weighted by atomic mass is 10.1. The van der Waals surface area contributed by atoms with E-state index in [1.165, 1.54) is 29.2 Å². The zero-order valence-electron chi connectivity index (χ0n) is 24.1. The van der Waals surface area contributed by atoms with Crippen LogP contribution in [-0.4, -0.2) is 32.8 Å². The Morgan fingerprint density at radius 2 is 1.65 bits per heavy atom. The third kappa shape index (κ3) is 5.60. The third-order valence-electron chi connectivity index (χ3n) is 7.17. The summed E-state index contributed by atoms with van der Waals surface area (Å²) in [5, 5.41) is 15.3. The number of nitro benzene ring substituents is 1. The topological polar surface area (TPSA) is 135 Å². The van der Waals surface area contributed by atoms with Gasteiger partial charge in [-0.05, 0) is 96.9 Å². The molecule has 0 saturated carbocycles. The van der Waals surface area contributed by atoms with Gasteiger partial charge in [0.25, 0.3) is 23.4 Å². The van der Waals surface area contributed by atoms with Crippen molar-refractivity contribution in [2.45, 2.75) is 23.1 Å². The predicted octanol–water partition coefficient (Wildman–Crippen LogP) is 7.66. The molecule has 7 rings (SSSR count). The van der Waals surface area contributed by atoms with Gasteiger partial charge in [0.2, 0.25) is 0 Å². The summed E-state index contributed by atoms with van der Waals surface area (Å²) in [4.78, 5) is 61.2. The van der Waals surface area contributed by atoms with E-state index in [1.807, 2.05) is 32.0 Å². The zero-order valence-corrected chi connectivity index (χ0v) is 26.6. The number of hydrogen-bond donors (Lipinski definition) is 1. The number of carbonyl (C=O) groups is 3. The first-order valence-electron chi connectivity index (χ1n) is 13.9. The molecule has 10 nitrogen and oxygen atoms in total. The Bertz CT molecular complexity index is 2170. The van der Waals surface area contributed by atoms with E-state index in [0.717, 1.165) is 38.2 Å². The lowest BCUT2D eigenvalue weighted by Crippen LogP contribution is -2.29. The second-order valence-electron chi connectivity index (χ2n) is 10.5. The molecule has 0 atom stereocenters. The van der Waals surface area contributed by atoms with Crippen molar-refractivity contribution in [2.75, 3.05) is 4.90 Å². The van der Waals surface area contributed by atoms with E-state index in [1.54, 1.807) is 60.7 Å². The molecule has 1 N–H and O–H groups in total. The van der Waals surface area contributed by atoms with Crippen LogP contribution in [0, 0.1) is 24.0 Å². The molecule has 46 heavy (non-hydrogen) atoms. The minimum atomic E-state index is -0.465. The van der Waals surface area contributed by atoms with Gasteiger partial charge < -0.3 is 5.32 Å². The van der Waals surface area contributed by atoms with Gasteiger partial charge in [0, 0.05) is 6.07 Å². The largest absolute Gasteiger partial charge is 0.300 e. The molecule has 13 heteroatoms. The second-order valence-corrected chi connectivity index (χ2v) is 13.9. The van der Waals surface area contributed by atoms with Crippen LogP contribution >= 0.6 is 34.9 Å². The van der Waals surface area contributed by atoms with Gasteiger partial charge in [-0.1, -0.05) is 36.0 Å². The van der Waals surface area contributed by atoms with Gasteiger partial charge in [-0.15, -0.1) is 11.3 Å². The van der Waals surface area contributed by atoms with Crippen LogP contribution < -0.4 is 10.2 Å². The molecule has 1 saturated heterocycles. The lowest BCUT2D eigenvalue weighted by Gasteiger charge is -2.13. The van der Waals surface area contributed by atoms with Gasteiger partial charge in [-0.25, -0.2) is 14.9 Å². The van der Waals surface area contributed by atoms with Gasteiger partial charge in [0.15, 0.2) is 9.51 Å². The number of aromatic nitrogens is 1. The Balaban J connectivity index is 1.12. The van der Waals surface area contributed by atoms with Crippen molar-refractivity contribution in [3.63, 3.8) is 0 Å². The average Bonchev–Trinajstić information content (AvgIpc) is 3.65. The number of fused-ring (bicyclic) bond motifs is 2. The number of nitrogens with zero attached hydrogens (tertiary/aromatic N) is 4. The van der Waals surface area contributed by atoms with Gasteiger partial charge in [0.1, 0.15) is 0 Å². The maximum Gasteiger partial charge on any atom is 0.283 e. The van der Waals surface area contributed by atoms with Crippen LogP contribution in [0.2, 0.25) is 0 Å². The smallest absolute Gasteiger partial charge is 0.283 e. The molecular weight excluding hydrogens is 643 g/mol. The molecule has 0 radical (unpaired) electrons. The van der Waals surface area contributed by atoms with E-state index in [4.69, 9.17) is 0 Å². The van der Waals surface area contributed by atoms with E-state index in [0.29, 0.717) is 47.2 Å². The van der Waals surface area contributed by atoms with Gasteiger partial charge in [0.05, 0.1) is 47.4 Å². The molecule has 2 aliphatic heterocycles. The fourth-order valence-electron chi connectivity index (χ4n) is 5.21. The molecule has 5 aromatic rings. The van der Waals surface area contributed by atoms with Crippen LogP contribution in [-0.2, 0) is 4.79 Å². The predicted molar refractivity (Wildman–Crippen MR) is 181 cm³/mol. The molecular formula is C33H21N5O5S3. The van der Waals surface area contributed by atoms with Crippen molar-refractivity contribution in [3.8, 4) is 0 Å². The number of amides is 3. The normalized spacial score (nSPS) is 16.1. The number of thiazole rings is 1. The van der Waals surface area contributed by atoms with Crippen LogP contribution in [0.25, 0.3) is 16.3 Å². The van der Waals surface area contributed by atoms with Crippen molar-refractivity contribution in [1.82, 2.24) is 10.3 Å². The molecule has 226 valence electrons. The van der Waals surface area contributed by atoms with Crippen LogP contribution in [0.15, 0.2) is 98.0 Å². The molecule has 0 spiro atoms. The Labute approximate surface area is 274 Å². The summed E-state index contributed by atoms with van der Waals surface area (Å²) < 4.78 is 1.28. The lowest BCUT2D eigenvalue weighted by molar-refractivity contribution is -0.387. The Kier molecular flexibility index (Phi) is 7.51. The number of hydrogen-bond acceptors (Lipinski definition) is 10. The standard InChI is InChI=1S/C33H21N5O5S3/c1-17-11-18(2)13-20(12-17)34-32-36-29(39)28(44-32)15-19-7-10-26(25(14-19)38(42)43)45-33-35-24-9-8-21(16-27(24)46-33)37-30(40)22-5-3-4-6-23(22)31(37)41/h3-16H,1-2H3,(H,34,36,39)/b28-15-. The number of imide groups is 1. The summed E-state index contributed by atoms with van der Waals surface area (Å²) in [5.74, 6) is -1.10. The fraction of sp³-hybridized carbons (Fsp3) is 0.0606. The second kappa shape index (κ2) is 11.7. The quantitative estimate of drug-likeness (QED) is 0.0847. The Hall–Kier alpha value is -5.11. The molecule has 0 bridgehead atoms. The number of aryl methyl sites for hydroxylation is 2. The first kappa shape index (κ1) is 29.6. The van der Waals surface area contributed by atoms with Crippen molar-refractivity contribution < 1.29 is 19.3 Å². The first-order valence-corrected chi connectivity index (χ1v) is 16.3. The molecule has 3 amide bonds. The van der Waals surface area contributed by atoms with Crippen molar-refractivity contribution in [3.05, 3.63) is 122 Å². The monoisotopic (exact) mass is 663 g/mol. The molecule has 1 fully saturated rings. The number of nitro groups is 1. The van der Waals surface area contributed by atoms with Crippen LogP contribution in [0.4, 0.5) is 17.1 Å². The zero-order chi connectivity index (χ0) is 32.1. The van der Waals surface area contributed by atoms with E-state index in [9.17, 15) is 24.5 Å². The molecule has 1 aromatic heterocycles. The molecule has 3 heterocycles. The number of thioether (sulfide) groups is 1. The van der Waals surface area contributed by atoms with Crippen molar-refractivity contribution in [2.24, 2.45) is 4.99 Å². The number of rotatable bonds is 6. The van der Waals surface area contributed by atoms with E-state index < -0.39 is 4.92 Å². The van der Waals surface area contributed by atoms with Gasteiger partial charge in [-0.3, -0.25) is 24.5 Å². The maximum absolute atomic E-state index is 12.9. The number of carbonyl (C=O) groups excluding carboxylic acids is 3. The summed E-state index contributed by atoms with van der Waals surface area (Å²) in [6, 6.07) is 22.5. The van der Waals surface area contributed by atoms with Crippen molar-refractivity contribution >= 4 is 91.1 Å². The highest BCUT2D eigenvalue weighted by atomic mass is 32.2. The Morgan fingerprint density at radius 3 is 2.35 bits per heavy atom. The Morgan fingerprint density at radius 1 is 0.935 bits per heavy atom. The molecule has 0 aliphatic carbocycles. The summed E-state index contributed by atoms with van der Waals surface area (Å²) >= 11 is 3.62. The number of aliphatic imine (C=N–C) groups is 1. The highest BCUT2D eigenvalue weighted by Crippen LogP contribution is 2.41. The summed E-state index contributed by atoms with van der Waals surface area (Å²) in [7, 11) is 0. The summed E-state index contributed by atoms with van der Waals surface area (Å²) in [5.41, 5.74) is 5.01. The maximum atomic E-state index is 12.9. The molecule has 4 aromatic carbocycles. The highest BCUT2D eigenvalue weighted by molar-refractivity contribution is 8.18. The number of anilines is 1. The van der Waals surface area contributed by atoms with Crippen LogP contribution in [0.1, 0.15) is 37.4 Å². The first-order chi connectivity index (χ1) is 22.1. The number of nitrogens with one attached hydrogen (secondary N) is 1. The van der Waals surface area contributed by atoms with Crippen LogP contribution in [0.5, 0.6) is 0 Å². The molecule has 2 aliphatic rings. The minimum absolute atomic E-state index is 0.127. The fourth-order valence-corrected chi connectivity index (χ4v) is 8.19. The van der Waals surface area contributed by atoms with Crippen molar-refractivity contribution in [1.29, 1.82) is 0 Å². The SMILES string of the molecule is Cc1cc(C)cc(N=C2NC(=O)/C(=C/c3ccc(Sc4nc5ccc(N6C(=O)c7ccccc7C6=O)cc5s4)c([N+](=O)[O-])c3)S2)c1. The third-order valence-corrected chi connectivity index (χ3v) is 10.2. The highest BCUT2D eigenvalue weighted by Gasteiger charge is 2.36. The summed E-state index contributed by atoms with van der Waals surface area (Å²) in [6.07, 6.45) is 1.60. The van der Waals surface area contributed by atoms with E-state index >= 15 is 0 Å². The summed E-state index contributed by atoms with van der Waals surface area (Å²) in [6.45, 7) is 3.95. The van der Waals surface area contributed by atoms with E-state index in [-0.39, 0.29) is 23.4 Å². The van der Waals surface area contributed by atoms with Crippen LogP contribution in [0.3, 0.4) is 0 Å². The van der Waals surface area contributed by atoms with Gasteiger partial charge in [-0.2, -0.15) is 0 Å². The molecule has 0 unspecified atom stereocenters. The number of amidine groups is 1. The van der Waals surface area contributed by atoms with Gasteiger partial charge >= 0.3 is 0 Å². The number of benzene rings is 4.